The molecule has 1 aromatic carbocycles. The molecule has 1 aromatic rings. The zero-order valence-electron chi connectivity index (χ0n) is 12.8. The maximum Gasteiger partial charge on any atom is 0.126 e. The quantitative estimate of drug-likeness (QED) is 0.757. The van der Waals surface area contributed by atoms with Gasteiger partial charge in [-0.05, 0) is 56.5 Å². The van der Waals surface area contributed by atoms with Gasteiger partial charge in [-0.15, -0.1) is 0 Å². The third-order valence-electron chi connectivity index (χ3n) is 3.98. The van der Waals surface area contributed by atoms with Gasteiger partial charge in [-0.2, -0.15) is 0 Å². The van der Waals surface area contributed by atoms with Crippen LogP contribution in [0.4, 0.5) is 4.39 Å². The van der Waals surface area contributed by atoms with Crippen LogP contribution in [0.25, 0.3) is 0 Å². The summed E-state index contributed by atoms with van der Waals surface area (Å²) >= 11 is 3.41. The predicted octanol–water partition coefficient (Wildman–Crippen LogP) is 4.31. The maximum atomic E-state index is 14.0. The van der Waals surface area contributed by atoms with Gasteiger partial charge >= 0.3 is 0 Å². The molecular formula is C16H25BrFNO. The first-order valence-corrected chi connectivity index (χ1v) is 7.98. The van der Waals surface area contributed by atoms with Crippen molar-refractivity contribution in [3.63, 3.8) is 0 Å². The predicted molar refractivity (Wildman–Crippen MR) is 85.6 cm³/mol. The fourth-order valence-corrected chi connectivity index (χ4v) is 2.68. The van der Waals surface area contributed by atoms with Gasteiger partial charge in [-0.25, -0.2) is 4.39 Å². The van der Waals surface area contributed by atoms with E-state index in [9.17, 15) is 4.39 Å². The molecular weight excluding hydrogens is 321 g/mol. The van der Waals surface area contributed by atoms with Gasteiger partial charge in [-0.1, -0.05) is 29.8 Å². The number of halogens is 2. The summed E-state index contributed by atoms with van der Waals surface area (Å²) in [6.07, 6.45) is 2.53. The minimum atomic E-state index is -0.302. The van der Waals surface area contributed by atoms with Crippen molar-refractivity contribution >= 4 is 15.9 Å². The summed E-state index contributed by atoms with van der Waals surface area (Å²) in [5.74, 6) is -0.161. The Morgan fingerprint density at radius 1 is 1.40 bits per heavy atom. The second-order valence-corrected chi connectivity index (χ2v) is 6.23. The lowest BCUT2D eigenvalue weighted by Gasteiger charge is -2.36. The minimum Gasteiger partial charge on any atom is -0.377 e. The molecule has 1 rings (SSSR count). The highest BCUT2D eigenvalue weighted by Crippen LogP contribution is 2.25. The van der Waals surface area contributed by atoms with Crippen molar-refractivity contribution in [3.8, 4) is 0 Å². The largest absolute Gasteiger partial charge is 0.377 e. The third-order valence-corrected chi connectivity index (χ3v) is 4.47. The Labute approximate surface area is 130 Å². The van der Waals surface area contributed by atoms with Crippen LogP contribution in [-0.2, 0) is 11.2 Å². The van der Waals surface area contributed by atoms with Crippen molar-refractivity contribution in [2.75, 3.05) is 13.7 Å². The number of hydrogen-bond acceptors (Lipinski definition) is 2. The van der Waals surface area contributed by atoms with Crippen LogP contribution >= 0.6 is 15.9 Å². The Morgan fingerprint density at radius 3 is 2.65 bits per heavy atom. The number of hydrogen-bond donors (Lipinski definition) is 1. The summed E-state index contributed by atoms with van der Waals surface area (Å²) in [5, 5.41) is 3.50. The molecule has 0 amide bonds. The van der Waals surface area contributed by atoms with Gasteiger partial charge in [0.2, 0.25) is 0 Å². The minimum absolute atomic E-state index is 0.0845. The molecule has 4 heteroatoms. The highest BCUT2D eigenvalue weighted by Gasteiger charge is 2.32. The molecule has 2 unspecified atom stereocenters. The lowest BCUT2D eigenvalue weighted by Crippen LogP contribution is -2.51. The van der Waals surface area contributed by atoms with E-state index in [1.165, 1.54) is 6.07 Å². The summed E-state index contributed by atoms with van der Waals surface area (Å²) in [5.41, 5.74) is 0.411. The first kappa shape index (κ1) is 17.6. The van der Waals surface area contributed by atoms with E-state index >= 15 is 0 Å². The van der Waals surface area contributed by atoms with Gasteiger partial charge in [0, 0.05) is 17.6 Å². The van der Waals surface area contributed by atoms with E-state index in [4.69, 9.17) is 4.74 Å². The Bertz CT molecular complexity index is 421. The molecule has 0 spiro atoms. The van der Waals surface area contributed by atoms with Gasteiger partial charge in [0.25, 0.3) is 0 Å². The summed E-state index contributed by atoms with van der Waals surface area (Å²) in [4.78, 5) is 0. The number of rotatable bonds is 8. The molecule has 0 aliphatic rings. The van der Waals surface area contributed by atoms with Gasteiger partial charge in [0.15, 0.2) is 0 Å². The molecule has 0 heterocycles. The molecule has 0 saturated heterocycles. The molecule has 0 fully saturated rings. The highest BCUT2D eigenvalue weighted by atomic mass is 79.9. The molecule has 0 aliphatic carbocycles. The third kappa shape index (κ3) is 4.54. The number of benzene rings is 1. The van der Waals surface area contributed by atoms with Crippen molar-refractivity contribution in [2.45, 2.75) is 51.7 Å². The van der Waals surface area contributed by atoms with Gasteiger partial charge < -0.3 is 10.1 Å². The standard InChI is InChI=1S/C16H25BrFNO/c1-5-9-19-15(16(3,6-2)20-4)11-12-10-13(17)7-8-14(12)18/h7-8,10,15,19H,5-6,9,11H2,1-4H3. The van der Waals surface area contributed by atoms with Crippen molar-refractivity contribution in [3.05, 3.63) is 34.1 Å². The van der Waals surface area contributed by atoms with E-state index in [0.717, 1.165) is 23.9 Å². The molecule has 20 heavy (non-hydrogen) atoms. The molecule has 2 nitrogen and oxygen atoms in total. The Kier molecular flexibility index (Phi) is 7.13. The van der Waals surface area contributed by atoms with Crippen molar-refractivity contribution in [2.24, 2.45) is 0 Å². The van der Waals surface area contributed by atoms with Crippen LogP contribution in [0.15, 0.2) is 22.7 Å². The van der Waals surface area contributed by atoms with Crippen LogP contribution in [0.5, 0.6) is 0 Å². The van der Waals surface area contributed by atoms with Crippen LogP contribution < -0.4 is 5.32 Å². The van der Waals surface area contributed by atoms with Gasteiger partial charge in [0.05, 0.1) is 5.60 Å². The molecule has 1 N–H and O–H groups in total. The van der Waals surface area contributed by atoms with E-state index in [1.807, 2.05) is 6.07 Å². The highest BCUT2D eigenvalue weighted by molar-refractivity contribution is 9.10. The molecule has 0 aliphatic heterocycles. The Hall–Kier alpha value is -0.450. The fraction of sp³-hybridized carbons (Fsp3) is 0.625. The zero-order chi connectivity index (χ0) is 15.2. The Balaban J connectivity index is 2.96. The van der Waals surface area contributed by atoms with Gasteiger partial charge in [-0.3, -0.25) is 0 Å². The summed E-state index contributed by atoms with van der Waals surface area (Å²) in [7, 11) is 1.72. The van der Waals surface area contributed by atoms with Crippen LogP contribution in [0, 0.1) is 5.82 Å². The van der Waals surface area contributed by atoms with Crippen LogP contribution in [-0.4, -0.2) is 25.3 Å². The van der Waals surface area contributed by atoms with Crippen molar-refractivity contribution in [1.82, 2.24) is 5.32 Å². The van der Waals surface area contributed by atoms with Gasteiger partial charge in [0.1, 0.15) is 5.82 Å². The van der Waals surface area contributed by atoms with E-state index in [1.54, 1.807) is 13.2 Å². The molecule has 0 bridgehead atoms. The smallest absolute Gasteiger partial charge is 0.126 e. The molecule has 2 atom stereocenters. The second-order valence-electron chi connectivity index (χ2n) is 5.32. The first-order chi connectivity index (χ1) is 9.46. The van der Waals surface area contributed by atoms with E-state index < -0.39 is 0 Å². The SMILES string of the molecule is CCCNC(Cc1cc(Br)ccc1F)C(C)(CC)OC. The summed E-state index contributed by atoms with van der Waals surface area (Å²) < 4.78 is 20.6. The molecule has 0 aromatic heterocycles. The normalized spacial score (nSPS) is 15.9. The number of ether oxygens (including phenoxy) is 1. The number of methoxy groups -OCH3 is 1. The van der Waals surface area contributed by atoms with Crippen molar-refractivity contribution < 1.29 is 9.13 Å². The van der Waals surface area contributed by atoms with Crippen molar-refractivity contribution in [1.29, 1.82) is 0 Å². The van der Waals surface area contributed by atoms with Crippen LogP contribution in [0.2, 0.25) is 0 Å². The van der Waals surface area contributed by atoms with E-state index in [0.29, 0.717) is 12.0 Å². The topological polar surface area (TPSA) is 21.3 Å². The lowest BCUT2D eigenvalue weighted by molar-refractivity contribution is -0.0288. The summed E-state index contributed by atoms with van der Waals surface area (Å²) in [6.45, 7) is 7.21. The zero-order valence-corrected chi connectivity index (χ0v) is 14.4. The molecule has 0 radical (unpaired) electrons. The van der Waals surface area contributed by atoms with E-state index in [-0.39, 0.29) is 17.5 Å². The van der Waals surface area contributed by atoms with Crippen LogP contribution in [0.3, 0.4) is 0 Å². The summed E-state index contributed by atoms with van der Waals surface area (Å²) in [6, 6.07) is 5.16. The lowest BCUT2D eigenvalue weighted by atomic mass is 9.88. The molecule has 114 valence electrons. The van der Waals surface area contributed by atoms with Crippen LogP contribution in [0.1, 0.15) is 39.2 Å². The number of nitrogens with one attached hydrogen (secondary N) is 1. The fourth-order valence-electron chi connectivity index (χ4n) is 2.28. The second kappa shape index (κ2) is 8.11. The van der Waals surface area contributed by atoms with E-state index in [2.05, 4.69) is 42.0 Å². The first-order valence-electron chi connectivity index (χ1n) is 7.19. The Morgan fingerprint density at radius 2 is 2.10 bits per heavy atom. The average Bonchev–Trinajstić information content (AvgIpc) is 2.46. The maximum absolute atomic E-state index is 14.0. The molecule has 0 saturated carbocycles. The average molecular weight is 346 g/mol. The monoisotopic (exact) mass is 345 g/mol.